The van der Waals surface area contributed by atoms with Crippen LogP contribution in [0.2, 0.25) is 0 Å². The van der Waals surface area contributed by atoms with E-state index in [4.69, 9.17) is 17.9 Å². The second-order valence-electron chi connectivity index (χ2n) is 4.55. The van der Waals surface area contributed by atoms with Gasteiger partial charge in [-0.05, 0) is 18.8 Å². The molecule has 5 N–H and O–H groups in total. The van der Waals surface area contributed by atoms with Crippen molar-refractivity contribution in [3.05, 3.63) is 0 Å². The number of primary amides is 1. The van der Waals surface area contributed by atoms with Crippen LogP contribution in [0.1, 0.15) is 19.3 Å². The van der Waals surface area contributed by atoms with Crippen molar-refractivity contribution >= 4 is 11.9 Å². The van der Waals surface area contributed by atoms with Crippen molar-refractivity contribution < 1.29 is 9.59 Å². The van der Waals surface area contributed by atoms with E-state index in [1.807, 2.05) is 0 Å². The molecule has 2 unspecified atom stereocenters. The third-order valence-electron chi connectivity index (χ3n) is 3.05. The summed E-state index contributed by atoms with van der Waals surface area (Å²) in [7, 11) is 0. The smallest absolute Gasteiger partial charge is 0.312 e. The van der Waals surface area contributed by atoms with Crippen LogP contribution in [0, 0.1) is 18.3 Å². The van der Waals surface area contributed by atoms with Crippen molar-refractivity contribution in [3.8, 4) is 12.3 Å². The van der Waals surface area contributed by atoms with Crippen LogP contribution in [0.3, 0.4) is 0 Å². The van der Waals surface area contributed by atoms with E-state index in [2.05, 4.69) is 11.2 Å². The predicted octanol–water partition coefficient (Wildman–Crippen LogP) is -0.756. The number of urea groups is 1. The molecule has 18 heavy (non-hydrogen) atoms. The normalized spacial score (nSPS) is 20.9. The zero-order chi connectivity index (χ0) is 13.5. The number of hydrogen-bond acceptors (Lipinski definition) is 3. The van der Waals surface area contributed by atoms with Crippen LogP contribution < -0.4 is 16.8 Å². The first-order chi connectivity index (χ1) is 8.54. The van der Waals surface area contributed by atoms with Crippen LogP contribution in [0.25, 0.3) is 0 Å². The molecule has 0 aromatic rings. The fourth-order valence-electron chi connectivity index (χ4n) is 2.13. The van der Waals surface area contributed by atoms with E-state index in [0.29, 0.717) is 19.6 Å². The maximum Gasteiger partial charge on any atom is 0.312 e. The van der Waals surface area contributed by atoms with Crippen LogP contribution in [0.5, 0.6) is 0 Å². The van der Waals surface area contributed by atoms with Gasteiger partial charge in [0, 0.05) is 26.1 Å². The first-order valence-corrected chi connectivity index (χ1v) is 6.05. The van der Waals surface area contributed by atoms with Gasteiger partial charge in [-0.25, -0.2) is 4.79 Å². The zero-order valence-corrected chi connectivity index (χ0v) is 10.4. The van der Waals surface area contributed by atoms with Gasteiger partial charge in [-0.1, -0.05) is 0 Å². The summed E-state index contributed by atoms with van der Waals surface area (Å²) >= 11 is 0. The van der Waals surface area contributed by atoms with Gasteiger partial charge in [-0.2, -0.15) is 0 Å². The number of amides is 3. The van der Waals surface area contributed by atoms with Gasteiger partial charge in [0.05, 0.1) is 6.04 Å². The largest absolute Gasteiger partial charge is 0.352 e. The Balaban J connectivity index is 2.45. The quantitative estimate of drug-likeness (QED) is 0.573. The molecule has 1 saturated heterocycles. The fourth-order valence-corrected chi connectivity index (χ4v) is 2.13. The van der Waals surface area contributed by atoms with Gasteiger partial charge < -0.3 is 21.7 Å². The van der Waals surface area contributed by atoms with Crippen molar-refractivity contribution in [3.63, 3.8) is 0 Å². The van der Waals surface area contributed by atoms with E-state index in [-0.39, 0.29) is 18.2 Å². The molecule has 0 bridgehead atoms. The molecular formula is C12H20N4O2. The van der Waals surface area contributed by atoms with Crippen LogP contribution in [0.15, 0.2) is 0 Å². The van der Waals surface area contributed by atoms with Gasteiger partial charge in [0.15, 0.2) is 0 Å². The second kappa shape index (κ2) is 6.87. The van der Waals surface area contributed by atoms with E-state index >= 15 is 0 Å². The number of nitrogens with one attached hydrogen (secondary N) is 1. The summed E-state index contributed by atoms with van der Waals surface area (Å²) in [5.74, 6) is 2.51. The number of rotatable bonds is 4. The van der Waals surface area contributed by atoms with E-state index < -0.39 is 12.1 Å². The molecule has 0 spiro atoms. The van der Waals surface area contributed by atoms with Gasteiger partial charge in [-0.15, -0.1) is 12.3 Å². The Morgan fingerprint density at radius 2 is 2.28 bits per heavy atom. The molecule has 1 aliphatic heterocycles. The summed E-state index contributed by atoms with van der Waals surface area (Å²) in [6.07, 6.45) is 7.26. The molecule has 1 heterocycles. The topological polar surface area (TPSA) is 101 Å². The highest BCUT2D eigenvalue weighted by atomic mass is 16.2. The Morgan fingerprint density at radius 3 is 2.89 bits per heavy atom. The minimum atomic E-state index is -0.627. The van der Waals surface area contributed by atoms with Crippen molar-refractivity contribution in [2.24, 2.45) is 17.4 Å². The molecule has 1 rings (SSSR count). The molecule has 0 aliphatic carbocycles. The van der Waals surface area contributed by atoms with Crippen LogP contribution in [-0.2, 0) is 4.79 Å². The van der Waals surface area contributed by atoms with Crippen molar-refractivity contribution in [2.75, 3.05) is 19.6 Å². The molecule has 1 fully saturated rings. The first-order valence-electron chi connectivity index (χ1n) is 6.05. The number of nitrogens with two attached hydrogens (primary N) is 2. The lowest BCUT2D eigenvalue weighted by Crippen LogP contribution is -2.49. The van der Waals surface area contributed by atoms with Gasteiger partial charge in [0.1, 0.15) is 0 Å². The Kier molecular flexibility index (Phi) is 5.46. The summed E-state index contributed by atoms with van der Waals surface area (Å²) in [6, 6.07) is -1.17. The summed E-state index contributed by atoms with van der Waals surface area (Å²) in [6.45, 7) is 1.78. The van der Waals surface area contributed by atoms with E-state index in [0.717, 1.165) is 12.8 Å². The molecule has 1 aliphatic rings. The molecule has 2 atom stereocenters. The lowest BCUT2D eigenvalue weighted by molar-refractivity contribution is -0.134. The van der Waals surface area contributed by atoms with Crippen molar-refractivity contribution in [2.45, 2.75) is 25.3 Å². The summed E-state index contributed by atoms with van der Waals surface area (Å²) in [5, 5.41) is 2.57. The van der Waals surface area contributed by atoms with Crippen LogP contribution in [-0.4, -0.2) is 42.5 Å². The highest BCUT2D eigenvalue weighted by molar-refractivity contribution is 5.82. The lowest BCUT2D eigenvalue weighted by Gasteiger charge is -2.34. The molecule has 3 amide bonds. The number of terminal acetylenes is 1. The van der Waals surface area contributed by atoms with Gasteiger partial charge in [-0.3, -0.25) is 4.79 Å². The third-order valence-corrected chi connectivity index (χ3v) is 3.05. The van der Waals surface area contributed by atoms with Crippen molar-refractivity contribution in [1.29, 1.82) is 0 Å². The molecule has 6 nitrogen and oxygen atoms in total. The fraction of sp³-hybridized carbons (Fsp3) is 0.667. The Morgan fingerprint density at radius 1 is 1.56 bits per heavy atom. The van der Waals surface area contributed by atoms with Gasteiger partial charge in [0.25, 0.3) is 0 Å². The minimum Gasteiger partial charge on any atom is -0.352 e. The molecule has 0 saturated carbocycles. The van der Waals surface area contributed by atoms with Gasteiger partial charge in [0.2, 0.25) is 5.91 Å². The number of nitrogens with zero attached hydrogens (tertiary/aromatic N) is 1. The first kappa shape index (κ1) is 14.3. The average molecular weight is 252 g/mol. The maximum atomic E-state index is 12.0. The van der Waals surface area contributed by atoms with Gasteiger partial charge >= 0.3 is 6.03 Å². The Labute approximate surface area is 107 Å². The molecule has 0 radical (unpaired) electrons. The zero-order valence-electron chi connectivity index (χ0n) is 10.4. The maximum absolute atomic E-state index is 12.0. The van der Waals surface area contributed by atoms with E-state index in [9.17, 15) is 9.59 Å². The summed E-state index contributed by atoms with van der Waals surface area (Å²) < 4.78 is 0. The van der Waals surface area contributed by atoms with E-state index in [1.54, 1.807) is 4.90 Å². The predicted molar refractivity (Wildman–Crippen MR) is 68.3 cm³/mol. The Hall–Kier alpha value is -1.74. The molecular weight excluding hydrogens is 232 g/mol. The minimum absolute atomic E-state index is 0.114. The molecule has 6 heteroatoms. The number of hydrogen-bond donors (Lipinski definition) is 3. The standard InChI is InChI=1S/C12H20N4O2/c1-2-4-10(13)11(17)16-6-3-5-9(8-16)7-15-12(14)18/h1,9-10H,3-8,13H2,(H3,14,15,18). The monoisotopic (exact) mass is 252 g/mol. The third kappa shape index (κ3) is 4.26. The van der Waals surface area contributed by atoms with Crippen LogP contribution >= 0.6 is 0 Å². The average Bonchev–Trinajstić information content (AvgIpc) is 2.36. The number of likely N-dealkylation sites (tertiary alicyclic amines) is 1. The lowest BCUT2D eigenvalue weighted by atomic mass is 9.97. The number of piperidine rings is 1. The summed E-state index contributed by atoms with van der Waals surface area (Å²) in [5.41, 5.74) is 10.7. The van der Waals surface area contributed by atoms with Crippen LogP contribution in [0.4, 0.5) is 4.79 Å². The number of carbonyl (C=O) groups excluding carboxylic acids is 2. The highest BCUT2D eigenvalue weighted by Gasteiger charge is 2.26. The second-order valence-corrected chi connectivity index (χ2v) is 4.55. The number of carbonyl (C=O) groups is 2. The highest BCUT2D eigenvalue weighted by Crippen LogP contribution is 2.16. The molecule has 0 aromatic carbocycles. The molecule has 0 aromatic heterocycles. The molecule has 100 valence electrons. The van der Waals surface area contributed by atoms with Crippen molar-refractivity contribution in [1.82, 2.24) is 10.2 Å². The summed E-state index contributed by atoms with van der Waals surface area (Å²) in [4.78, 5) is 24.3. The van der Waals surface area contributed by atoms with E-state index in [1.165, 1.54) is 0 Å². The Bertz CT molecular complexity index is 350. The SMILES string of the molecule is C#CCC(N)C(=O)N1CCCC(CNC(N)=O)C1.